The normalized spacial score (nSPS) is 11.0. The van der Waals surface area contributed by atoms with E-state index >= 15 is 0 Å². The molecular weight excluding hydrogens is 354 g/mol. The quantitative estimate of drug-likeness (QED) is 0.869. The van der Waals surface area contributed by atoms with Crippen LogP contribution in [0.4, 0.5) is 0 Å². The van der Waals surface area contributed by atoms with Gasteiger partial charge in [-0.3, -0.25) is 4.68 Å². The van der Waals surface area contributed by atoms with Crippen molar-refractivity contribution < 1.29 is 4.74 Å². The maximum absolute atomic E-state index is 6.26. The van der Waals surface area contributed by atoms with E-state index in [2.05, 4.69) is 32.4 Å². The fraction of sp³-hybridized carbons (Fsp3) is 0.400. The number of ether oxygens (including phenoxy) is 1. The Labute approximate surface area is 138 Å². The van der Waals surface area contributed by atoms with Gasteiger partial charge in [0.2, 0.25) is 0 Å². The highest BCUT2D eigenvalue weighted by Crippen LogP contribution is 2.30. The number of hydrogen-bond acceptors (Lipinski definition) is 3. The number of halogens is 2. The third-order valence-electron chi connectivity index (χ3n) is 3.30. The first-order valence-electron chi connectivity index (χ1n) is 6.68. The van der Waals surface area contributed by atoms with Crippen LogP contribution in [-0.4, -0.2) is 16.8 Å². The van der Waals surface area contributed by atoms with Gasteiger partial charge in [-0.15, -0.1) is 0 Å². The van der Waals surface area contributed by atoms with E-state index in [4.69, 9.17) is 16.3 Å². The van der Waals surface area contributed by atoms with E-state index in [1.54, 1.807) is 4.68 Å². The van der Waals surface area contributed by atoms with E-state index in [0.717, 1.165) is 39.3 Å². The molecule has 0 saturated carbocycles. The second-order valence-corrected chi connectivity index (χ2v) is 6.29. The first-order valence-corrected chi connectivity index (χ1v) is 7.85. The number of hydrogen-bond donors (Lipinski definition) is 1. The van der Waals surface area contributed by atoms with Crippen LogP contribution in [0.1, 0.15) is 22.5 Å². The molecule has 21 heavy (non-hydrogen) atoms. The standard InChI is InChI=1S/C15H19BrClN3O/c1-9-5-12(16)6-11(7-18-3)15(9)21-8-13-14(17)10(2)19-20(13)4/h5-6,18H,7-8H2,1-4H3. The third-order valence-corrected chi connectivity index (χ3v) is 4.25. The van der Waals surface area contributed by atoms with Gasteiger partial charge < -0.3 is 10.1 Å². The second kappa shape index (κ2) is 6.81. The summed E-state index contributed by atoms with van der Waals surface area (Å²) < 4.78 is 8.85. The summed E-state index contributed by atoms with van der Waals surface area (Å²) in [6.45, 7) is 5.07. The van der Waals surface area contributed by atoms with E-state index in [1.165, 1.54) is 0 Å². The average Bonchev–Trinajstić information content (AvgIpc) is 2.64. The van der Waals surface area contributed by atoms with Gasteiger partial charge in [0.15, 0.2) is 0 Å². The molecule has 0 spiro atoms. The van der Waals surface area contributed by atoms with Gasteiger partial charge in [0.25, 0.3) is 0 Å². The Bertz CT molecular complexity index is 655. The summed E-state index contributed by atoms with van der Waals surface area (Å²) in [6.07, 6.45) is 0. The number of benzene rings is 1. The topological polar surface area (TPSA) is 39.1 Å². The summed E-state index contributed by atoms with van der Waals surface area (Å²) in [4.78, 5) is 0. The van der Waals surface area contributed by atoms with E-state index in [-0.39, 0.29) is 0 Å². The predicted molar refractivity (Wildman–Crippen MR) is 88.9 cm³/mol. The zero-order valence-corrected chi connectivity index (χ0v) is 15.0. The number of aryl methyl sites for hydroxylation is 3. The van der Waals surface area contributed by atoms with Crippen LogP contribution in [0.5, 0.6) is 5.75 Å². The number of nitrogens with zero attached hydrogens (tertiary/aromatic N) is 2. The summed E-state index contributed by atoms with van der Waals surface area (Å²) in [7, 11) is 3.79. The van der Waals surface area contributed by atoms with Crippen LogP contribution < -0.4 is 10.1 Å². The first-order chi connectivity index (χ1) is 9.93. The van der Waals surface area contributed by atoms with Crippen molar-refractivity contribution in [3.05, 3.63) is 44.1 Å². The van der Waals surface area contributed by atoms with Crippen molar-refractivity contribution in [1.29, 1.82) is 0 Å². The number of nitrogens with one attached hydrogen (secondary N) is 1. The first kappa shape index (κ1) is 16.3. The van der Waals surface area contributed by atoms with Gasteiger partial charge in [-0.1, -0.05) is 27.5 Å². The molecule has 0 amide bonds. The molecule has 1 heterocycles. The van der Waals surface area contributed by atoms with Gasteiger partial charge in [0.05, 0.1) is 16.4 Å². The Morgan fingerprint density at radius 3 is 2.67 bits per heavy atom. The molecule has 0 fully saturated rings. The SMILES string of the molecule is CNCc1cc(Br)cc(C)c1OCc1c(Cl)c(C)nn1C. The molecule has 0 aliphatic carbocycles. The monoisotopic (exact) mass is 371 g/mol. The highest BCUT2D eigenvalue weighted by atomic mass is 79.9. The maximum atomic E-state index is 6.26. The Morgan fingerprint density at radius 2 is 2.10 bits per heavy atom. The van der Waals surface area contributed by atoms with Crippen LogP contribution in [-0.2, 0) is 20.2 Å². The largest absolute Gasteiger partial charge is 0.487 e. The Balaban J connectivity index is 2.27. The predicted octanol–water partition coefficient (Wildman–Crippen LogP) is 3.75. The van der Waals surface area contributed by atoms with Crippen LogP contribution in [0.3, 0.4) is 0 Å². The van der Waals surface area contributed by atoms with Crippen LogP contribution in [0.25, 0.3) is 0 Å². The van der Waals surface area contributed by atoms with Gasteiger partial charge in [-0.25, -0.2) is 0 Å². The minimum Gasteiger partial charge on any atom is -0.487 e. The molecule has 0 unspecified atom stereocenters. The fourth-order valence-corrected chi connectivity index (χ4v) is 3.14. The molecule has 0 aliphatic heterocycles. The van der Waals surface area contributed by atoms with Crippen molar-refractivity contribution in [2.24, 2.45) is 7.05 Å². The molecule has 0 aliphatic rings. The highest BCUT2D eigenvalue weighted by Gasteiger charge is 2.14. The molecule has 2 aromatic rings. The van der Waals surface area contributed by atoms with E-state index in [1.807, 2.05) is 34.0 Å². The molecule has 6 heteroatoms. The van der Waals surface area contributed by atoms with Crippen molar-refractivity contribution in [2.45, 2.75) is 27.0 Å². The Kier molecular flexibility index (Phi) is 5.30. The van der Waals surface area contributed by atoms with Gasteiger partial charge in [0.1, 0.15) is 12.4 Å². The molecule has 0 atom stereocenters. The Hall–Kier alpha value is -1.04. The molecule has 1 aromatic heterocycles. The molecule has 0 radical (unpaired) electrons. The van der Waals surface area contributed by atoms with Gasteiger partial charge in [-0.05, 0) is 38.6 Å². The van der Waals surface area contributed by atoms with Crippen molar-refractivity contribution in [2.75, 3.05) is 7.05 Å². The van der Waals surface area contributed by atoms with Crippen molar-refractivity contribution in [1.82, 2.24) is 15.1 Å². The lowest BCUT2D eigenvalue weighted by Gasteiger charge is -2.15. The third kappa shape index (κ3) is 3.59. The lowest BCUT2D eigenvalue weighted by molar-refractivity contribution is 0.289. The molecule has 114 valence electrons. The lowest BCUT2D eigenvalue weighted by Crippen LogP contribution is -2.10. The molecule has 0 bridgehead atoms. The summed E-state index contributed by atoms with van der Waals surface area (Å²) in [5, 5.41) is 8.13. The summed E-state index contributed by atoms with van der Waals surface area (Å²) in [6, 6.07) is 4.11. The number of aromatic nitrogens is 2. The Morgan fingerprint density at radius 1 is 1.38 bits per heavy atom. The molecule has 0 saturated heterocycles. The lowest BCUT2D eigenvalue weighted by atomic mass is 10.1. The second-order valence-electron chi connectivity index (χ2n) is 5.00. The smallest absolute Gasteiger partial charge is 0.131 e. The highest BCUT2D eigenvalue weighted by molar-refractivity contribution is 9.10. The maximum Gasteiger partial charge on any atom is 0.131 e. The zero-order valence-electron chi connectivity index (χ0n) is 12.6. The van der Waals surface area contributed by atoms with Crippen molar-refractivity contribution in [3.8, 4) is 5.75 Å². The van der Waals surface area contributed by atoms with Crippen molar-refractivity contribution in [3.63, 3.8) is 0 Å². The van der Waals surface area contributed by atoms with Crippen molar-refractivity contribution >= 4 is 27.5 Å². The minimum absolute atomic E-state index is 0.398. The van der Waals surface area contributed by atoms with E-state index < -0.39 is 0 Å². The fourth-order valence-electron chi connectivity index (χ4n) is 2.31. The molecule has 2 rings (SSSR count). The van der Waals surface area contributed by atoms with Crippen LogP contribution in [0.15, 0.2) is 16.6 Å². The molecular formula is C15H19BrClN3O. The summed E-state index contributed by atoms with van der Waals surface area (Å²) in [5.41, 5.74) is 3.90. The minimum atomic E-state index is 0.398. The van der Waals surface area contributed by atoms with E-state index in [0.29, 0.717) is 11.6 Å². The van der Waals surface area contributed by atoms with Crippen LogP contribution in [0, 0.1) is 13.8 Å². The zero-order chi connectivity index (χ0) is 15.6. The average molecular weight is 373 g/mol. The van der Waals surface area contributed by atoms with Crippen LogP contribution >= 0.6 is 27.5 Å². The van der Waals surface area contributed by atoms with Gasteiger partial charge in [-0.2, -0.15) is 5.10 Å². The van der Waals surface area contributed by atoms with Gasteiger partial charge in [0, 0.05) is 23.6 Å². The van der Waals surface area contributed by atoms with Crippen LogP contribution in [0.2, 0.25) is 5.02 Å². The number of rotatable bonds is 5. The van der Waals surface area contributed by atoms with E-state index in [9.17, 15) is 0 Å². The molecule has 1 aromatic carbocycles. The molecule has 4 nitrogen and oxygen atoms in total. The molecule has 1 N–H and O–H groups in total. The summed E-state index contributed by atoms with van der Waals surface area (Å²) in [5.74, 6) is 0.891. The van der Waals surface area contributed by atoms with Gasteiger partial charge >= 0.3 is 0 Å². The summed E-state index contributed by atoms with van der Waals surface area (Å²) >= 11 is 9.78.